The highest BCUT2D eigenvalue weighted by atomic mass is 16.5. The summed E-state index contributed by atoms with van der Waals surface area (Å²) in [5.41, 5.74) is 5.10. The van der Waals surface area contributed by atoms with E-state index in [0.29, 0.717) is 0 Å². The van der Waals surface area contributed by atoms with E-state index in [1.165, 1.54) is 22.4 Å². The monoisotopic (exact) mass is 294 g/mol. The predicted molar refractivity (Wildman–Crippen MR) is 90.9 cm³/mol. The van der Waals surface area contributed by atoms with Crippen molar-refractivity contribution in [2.24, 2.45) is 4.99 Å². The maximum Gasteiger partial charge on any atom is 0.118 e. The minimum absolute atomic E-state index is 0.875. The number of methoxy groups -OCH3 is 1. The highest BCUT2D eigenvalue weighted by molar-refractivity contribution is 6.03. The molecule has 1 aliphatic heterocycles. The van der Waals surface area contributed by atoms with E-state index in [-0.39, 0.29) is 0 Å². The second-order valence-corrected chi connectivity index (χ2v) is 5.70. The number of hydrogen-bond acceptors (Lipinski definition) is 3. The Hall–Kier alpha value is -2.13. The summed E-state index contributed by atoms with van der Waals surface area (Å²) in [6, 6.07) is 16.8. The lowest BCUT2D eigenvalue weighted by molar-refractivity contribution is 0.302. The summed E-state index contributed by atoms with van der Waals surface area (Å²) in [7, 11) is 1.70. The molecule has 0 aliphatic carbocycles. The van der Waals surface area contributed by atoms with Crippen LogP contribution in [0.2, 0.25) is 0 Å². The van der Waals surface area contributed by atoms with Gasteiger partial charge in [0.2, 0.25) is 0 Å². The number of aliphatic imine (C=N–C) groups is 1. The molecule has 0 aromatic heterocycles. The lowest BCUT2D eigenvalue weighted by Gasteiger charge is -2.27. The second-order valence-electron chi connectivity index (χ2n) is 5.70. The molecule has 22 heavy (non-hydrogen) atoms. The molecule has 0 atom stereocenters. The molecule has 0 radical (unpaired) electrons. The lowest BCUT2D eigenvalue weighted by atomic mass is 10.0. The smallest absolute Gasteiger partial charge is 0.118 e. The zero-order valence-electron chi connectivity index (χ0n) is 13.2. The minimum Gasteiger partial charge on any atom is -0.497 e. The summed E-state index contributed by atoms with van der Waals surface area (Å²) in [6.07, 6.45) is 0. The van der Waals surface area contributed by atoms with Gasteiger partial charge in [-0.2, -0.15) is 0 Å². The zero-order valence-corrected chi connectivity index (χ0v) is 13.2. The molecule has 0 amide bonds. The van der Waals surface area contributed by atoms with Crippen LogP contribution in [0.3, 0.4) is 0 Å². The molecule has 114 valence electrons. The van der Waals surface area contributed by atoms with Gasteiger partial charge in [0.15, 0.2) is 0 Å². The molecule has 0 N–H and O–H groups in total. The standard InChI is InChI=1S/C19H22N2O/c1-15-5-3-4-6-18(15)19-14-21(12-11-20-19)13-16-7-9-17(22-2)10-8-16/h3-10H,11-14H2,1-2H3. The average Bonchev–Trinajstić information content (AvgIpc) is 2.56. The second kappa shape index (κ2) is 6.75. The summed E-state index contributed by atoms with van der Waals surface area (Å²) < 4.78 is 5.21. The van der Waals surface area contributed by atoms with Gasteiger partial charge in [-0.25, -0.2) is 0 Å². The van der Waals surface area contributed by atoms with Gasteiger partial charge in [-0.3, -0.25) is 9.89 Å². The van der Waals surface area contributed by atoms with Crippen molar-refractivity contribution in [3.05, 3.63) is 65.2 Å². The molecular weight excluding hydrogens is 272 g/mol. The van der Waals surface area contributed by atoms with Gasteiger partial charge in [-0.15, -0.1) is 0 Å². The van der Waals surface area contributed by atoms with Gasteiger partial charge in [-0.05, 0) is 35.7 Å². The Balaban J connectivity index is 1.69. The minimum atomic E-state index is 0.875. The Morgan fingerprint density at radius 1 is 1.09 bits per heavy atom. The van der Waals surface area contributed by atoms with Crippen molar-refractivity contribution in [2.75, 3.05) is 26.7 Å². The van der Waals surface area contributed by atoms with E-state index in [1.54, 1.807) is 7.11 Å². The van der Waals surface area contributed by atoms with Crippen LogP contribution < -0.4 is 4.74 Å². The lowest BCUT2D eigenvalue weighted by Crippen LogP contribution is -2.36. The third-order valence-corrected chi connectivity index (χ3v) is 4.11. The average molecular weight is 294 g/mol. The third kappa shape index (κ3) is 3.37. The van der Waals surface area contributed by atoms with Crippen molar-refractivity contribution in [3.63, 3.8) is 0 Å². The van der Waals surface area contributed by atoms with Gasteiger partial charge in [0.05, 0.1) is 19.4 Å². The molecule has 0 spiro atoms. The fraction of sp³-hybridized carbons (Fsp3) is 0.316. The van der Waals surface area contributed by atoms with Crippen molar-refractivity contribution in [1.82, 2.24) is 4.90 Å². The number of ether oxygens (including phenoxy) is 1. The Kier molecular flexibility index (Phi) is 4.54. The molecule has 2 aromatic carbocycles. The van der Waals surface area contributed by atoms with Crippen molar-refractivity contribution in [2.45, 2.75) is 13.5 Å². The first kappa shape index (κ1) is 14.8. The van der Waals surface area contributed by atoms with E-state index in [1.807, 2.05) is 12.1 Å². The number of nitrogens with zero attached hydrogens (tertiary/aromatic N) is 2. The number of rotatable bonds is 4. The molecule has 2 aromatic rings. The first-order chi connectivity index (χ1) is 10.8. The molecule has 1 aliphatic rings. The topological polar surface area (TPSA) is 24.8 Å². The van der Waals surface area contributed by atoms with Crippen LogP contribution in [-0.2, 0) is 6.54 Å². The van der Waals surface area contributed by atoms with Crippen LogP contribution in [-0.4, -0.2) is 37.4 Å². The quantitative estimate of drug-likeness (QED) is 0.864. The van der Waals surface area contributed by atoms with Crippen molar-refractivity contribution in [1.29, 1.82) is 0 Å². The van der Waals surface area contributed by atoms with Crippen molar-refractivity contribution >= 4 is 5.71 Å². The molecule has 0 fully saturated rings. The first-order valence-corrected chi connectivity index (χ1v) is 7.71. The number of hydrogen-bond donors (Lipinski definition) is 0. The summed E-state index contributed by atoms with van der Waals surface area (Å²) in [4.78, 5) is 7.19. The van der Waals surface area contributed by atoms with E-state index in [0.717, 1.165) is 31.9 Å². The van der Waals surface area contributed by atoms with Crippen LogP contribution in [0.25, 0.3) is 0 Å². The summed E-state index contributed by atoms with van der Waals surface area (Å²) >= 11 is 0. The highest BCUT2D eigenvalue weighted by Gasteiger charge is 2.16. The SMILES string of the molecule is COc1ccc(CN2CCN=C(c3ccccc3C)C2)cc1. The molecule has 0 unspecified atom stereocenters. The predicted octanol–water partition coefficient (Wildman–Crippen LogP) is 3.31. The number of aryl methyl sites for hydroxylation is 1. The Bertz CT molecular complexity index is 661. The molecule has 1 heterocycles. The molecule has 3 rings (SSSR count). The van der Waals surface area contributed by atoms with Crippen LogP contribution in [0.15, 0.2) is 53.5 Å². The summed E-state index contributed by atoms with van der Waals surface area (Å²) in [6.45, 7) is 5.91. The summed E-state index contributed by atoms with van der Waals surface area (Å²) in [5.74, 6) is 0.907. The van der Waals surface area contributed by atoms with E-state index in [2.05, 4.69) is 48.2 Å². The van der Waals surface area contributed by atoms with Gasteiger partial charge in [0.25, 0.3) is 0 Å². The Morgan fingerprint density at radius 3 is 2.59 bits per heavy atom. The first-order valence-electron chi connectivity index (χ1n) is 7.71. The van der Waals surface area contributed by atoms with Crippen LogP contribution >= 0.6 is 0 Å². The Labute approximate surface area is 132 Å². The number of benzene rings is 2. The molecule has 0 saturated carbocycles. The summed E-state index contributed by atoms with van der Waals surface area (Å²) in [5, 5.41) is 0. The van der Waals surface area contributed by atoms with Crippen molar-refractivity contribution in [3.8, 4) is 5.75 Å². The maximum atomic E-state index is 5.21. The molecule has 0 bridgehead atoms. The van der Waals surface area contributed by atoms with E-state index in [4.69, 9.17) is 9.73 Å². The molecule has 0 saturated heterocycles. The largest absolute Gasteiger partial charge is 0.497 e. The van der Waals surface area contributed by atoms with Gasteiger partial charge < -0.3 is 4.74 Å². The normalized spacial score (nSPS) is 15.5. The van der Waals surface area contributed by atoms with Gasteiger partial charge in [-0.1, -0.05) is 36.4 Å². The zero-order chi connectivity index (χ0) is 15.4. The van der Waals surface area contributed by atoms with Crippen LogP contribution in [0, 0.1) is 6.92 Å². The van der Waals surface area contributed by atoms with Crippen LogP contribution in [0.4, 0.5) is 0 Å². The van der Waals surface area contributed by atoms with E-state index >= 15 is 0 Å². The van der Waals surface area contributed by atoms with Crippen molar-refractivity contribution < 1.29 is 4.74 Å². The van der Waals surface area contributed by atoms with Gasteiger partial charge >= 0.3 is 0 Å². The maximum absolute atomic E-state index is 5.21. The van der Waals surface area contributed by atoms with Gasteiger partial charge in [0.1, 0.15) is 5.75 Å². The highest BCUT2D eigenvalue weighted by Crippen LogP contribution is 2.16. The molecular formula is C19H22N2O. The fourth-order valence-corrected chi connectivity index (χ4v) is 2.86. The van der Waals surface area contributed by atoms with Crippen LogP contribution in [0.1, 0.15) is 16.7 Å². The van der Waals surface area contributed by atoms with E-state index in [9.17, 15) is 0 Å². The van der Waals surface area contributed by atoms with E-state index < -0.39 is 0 Å². The Morgan fingerprint density at radius 2 is 1.86 bits per heavy atom. The molecule has 3 heteroatoms. The fourth-order valence-electron chi connectivity index (χ4n) is 2.86. The third-order valence-electron chi connectivity index (χ3n) is 4.11. The molecule has 3 nitrogen and oxygen atoms in total. The van der Waals surface area contributed by atoms with Crippen LogP contribution in [0.5, 0.6) is 5.75 Å². The van der Waals surface area contributed by atoms with Gasteiger partial charge in [0, 0.05) is 19.6 Å².